The van der Waals surface area contributed by atoms with Gasteiger partial charge in [0.1, 0.15) is 12.4 Å². The number of hydrogen-bond donors (Lipinski definition) is 0. The van der Waals surface area contributed by atoms with E-state index in [1.54, 1.807) is 12.4 Å². The topological polar surface area (TPSA) is 40.9 Å². The van der Waals surface area contributed by atoms with Gasteiger partial charge in [-0.05, 0) is 35.4 Å². The quantitative estimate of drug-likeness (QED) is 0.787. The molecule has 7 heteroatoms. The summed E-state index contributed by atoms with van der Waals surface area (Å²) in [7, 11) is 0. The zero-order valence-electron chi connectivity index (χ0n) is 12.5. The van der Waals surface area contributed by atoms with Crippen molar-refractivity contribution in [1.29, 1.82) is 0 Å². The lowest BCUT2D eigenvalue weighted by molar-refractivity contribution is -0.00351. The molecule has 0 saturated heterocycles. The van der Waals surface area contributed by atoms with Crippen molar-refractivity contribution in [2.45, 2.75) is 11.5 Å². The fraction of sp³-hybridized carbons (Fsp3) is 0.235. The van der Waals surface area contributed by atoms with Gasteiger partial charge in [-0.25, -0.2) is 8.78 Å². The first-order valence-electron chi connectivity index (χ1n) is 7.43. The Morgan fingerprint density at radius 1 is 1.08 bits per heavy atom. The van der Waals surface area contributed by atoms with E-state index < -0.39 is 24.6 Å². The van der Waals surface area contributed by atoms with Crippen molar-refractivity contribution in [2.24, 2.45) is 9.98 Å². The lowest BCUT2D eigenvalue weighted by Crippen LogP contribution is -2.50. The minimum absolute atomic E-state index is 0.407. The zero-order chi connectivity index (χ0) is 16.8. The molecule has 0 fully saturated rings. The Kier molecular flexibility index (Phi) is 3.49. The molecular formula is C17H13BrF2N4. The van der Waals surface area contributed by atoms with Gasteiger partial charge in [0.15, 0.2) is 5.54 Å². The second-order valence-electron chi connectivity index (χ2n) is 5.82. The highest BCUT2D eigenvalue weighted by atomic mass is 79.9. The second kappa shape index (κ2) is 5.44. The average molecular weight is 391 g/mol. The van der Waals surface area contributed by atoms with Crippen LogP contribution in [0.4, 0.5) is 8.78 Å². The summed E-state index contributed by atoms with van der Waals surface area (Å²) < 4.78 is 28.4. The molecule has 1 aromatic carbocycles. The van der Waals surface area contributed by atoms with Crippen molar-refractivity contribution < 1.29 is 8.78 Å². The van der Waals surface area contributed by atoms with Crippen LogP contribution in [0, 0.1) is 0 Å². The number of hydrogen-bond acceptors (Lipinski definition) is 4. The predicted octanol–water partition coefficient (Wildman–Crippen LogP) is 3.48. The van der Waals surface area contributed by atoms with E-state index in [2.05, 4.69) is 30.9 Å². The Bertz CT molecular complexity index is 837. The van der Waals surface area contributed by atoms with Gasteiger partial charge in [-0.15, -0.1) is 0 Å². The van der Waals surface area contributed by atoms with Crippen molar-refractivity contribution in [2.75, 3.05) is 13.1 Å². The molecule has 0 bridgehead atoms. The van der Waals surface area contributed by atoms with E-state index in [0.717, 1.165) is 15.6 Å². The van der Waals surface area contributed by atoms with Crippen LogP contribution in [0.3, 0.4) is 0 Å². The number of nitrogens with zero attached hydrogens (tertiary/aromatic N) is 4. The van der Waals surface area contributed by atoms with Crippen LogP contribution in [0.25, 0.3) is 0 Å². The third-order valence-corrected chi connectivity index (χ3v) is 4.68. The third kappa shape index (κ3) is 2.34. The minimum Gasteiger partial charge on any atom is -0.312 e. The molecule has 4 nitrogen and oxygen atoms in total. The number of amidine groups is 1. The van der Waals surface area contributed by atoms with Crippen molar-refractivity contribution in [1.82, 2.24) is 9.88 Å². The van der Waals surface area contributed by atoms with Crippen molar-refractivity contribution in [3.63, 3.8) is 0 Å². The Labute approximate surface area is 146 Å². The van der Waals surface area contributed by atoms with Crippen LogP contribution >= 0.6 is 15.9 Å². The van der Waals surface area contributed by atoms with E-state index >= 15 is 0 Å². The molecule has 0 aliphatic carbocycles. The van der Waals surface area contributed by atoms with Crippen molar-refractivity contribution >= 4 is 28.1 Å². The first-order chi connectivity index (χ1) is 11.5. The fourth-order valence-electron chi connectivity index (χ4n) is 3.17. The van der Waals surface area contributed by atoms with Gasteiger partial charge in [0.2, 0.25) is 0 Å². The molecule has 2 aromatic rings. The maximum Gasteiger partial charge on any atom is 0.284 e. The maximum atomic E-state index is 13.7. The summed E-state index contributed by atoms with van der Waals surface area (Å²) in [6, 6.07) is 11.4. The van der Waals surface area contributed by atoms with E-state index in [1.807, 2.05) is 36.4 Å². The summed E-state index contributed by atoms with van der Waals surface area (Å²) in [6.07, 6.45) is 4.81. The molecule has 2 aliphatic rings. The van der Waals surface area contributed by atoms with Gasteiger partial charge in [-0.2, -0.15) is 0 Å². The number of benzene rings is 1. The average Bonchev–Trinajstić information content (AvgIpc) is 2.94. The monoisotopic (exact) mass is 390 g/mol. The van der Waals surface area contributed by atoms with Gasteiger partial charge < -0.3 is 4.90 Å². The Morgan fingerprint density at radius 3 is 2.62 bits per heavy atom. The molecule has 24 heavy (non-hydrogen) atoms. The SMILES string of the molecule is FC1(F)CN=C2N(C=NC2(c2ccncc2)c2cccc(Br)c2)C1. The first-order valence-corrected chi connectivity index (χ1v) is 8.22. The van der Waals surface area contributed by atoms with Crippen LogP contribution < -0.4 is 0 Å². The molecule has 122 valence electrons. The van der Waals surface area contributed by atoms with Gasteiger partial charge in [0.25, 0.3) is 5.92 Å². The molecule has 1 aromatic heterocycles. The number of aromatic nitrogens is 1. The summed E-state index contributed by atoms with van der Waals surface area (Å²) in [5.74, 6) is -2.32. The zero-order valence-corrected chi connectivity index (χ0v) is 14.1. The van der Waals surface area contributed by atoms with Crippen molar-refractivity contribution in [3.8, 4) is 0 Å². The third-order valence-electron chi connectivity index (χ3n) is 4.19. The van der Waals surface area contributed by atoms with Crippen LogP contribution in [0.15, 0.2) is 63.2 Å². The Hall–Kier alpha value is -2.15. The van der Waals surface area contributed by atoms with E-state index in [4.69, 9.17) is 0 Å². The van der Waals surface area contributed by atoms with Crippen molar-refractivity contribution in [3.05, 3.63) is 64.4 Å². The van der Waals surface area contributed by atoms with Crippen LogP contribution in [0.2, 0.25) is 0 Å². The van der Waals surface area contributed by atoms with Gasteiger partial charge >= 0.3 is 0 Å². The molecule has 0 amide bonds. The van der Waals surface area contributed by atoms with Gasteiger partial charge in [0, 0.05) is 16.9 Å². The molecule has 0 saturated carbocycles. The number of aliphatic imine (C=N–C) groups is 2. The summed E-state index contributed by atoms with van der Waals surface area (Å²) in [4.78, 5) is 14.4. The first kappa shape index (κ1) is 15.4. The van der Waals surface area contributed by atoms with E-state index in [0.29, 0.717) is 5.84 Å². The molecule has 0 spiro atoms. The molecule has 0 radical (unpaired) electrons. The number of pyridine rings is 1. The van der Waals surface area contributed by atoms with Crippen LogP contribution in [-0.2, 0) is 5.54 Å². The summed E-state index contributed by atoms with van der Waals surface area (Å²) in [5, 5.41) is 0. The van der Waals surface area contributed by atoms with Crippen LogP contribution in [0.5, 0.6) is 0 Å². The minimum atomic E-state index is -2.85. The largest absolute Gasteiger partial charge is 0.312 e. The van der Waals surface area contributed by atoms with Gasteiger partial charge in [-0.1, -0.05) is 28.1 Å². The van der Waals surface area contributed by atoms with E-state index in [1.165, 1.54) is 11.2 Å². The number of alkyl halides is 2. The van der Waals surface area contributed by atoms with Crippen LogP contribution in [0.1, 0.15) is 11.1 Å². The standard InChI is InChI=1S/C17H13BrF2N4/c18-14-3-1-2-13(8-14)17(12-4-6-21-7-5-12)15-22-9-16(19,20)10-24(15)11-23-17/h1-8,11H,9-10H2. The number of fused-ring (bicyclic) bond motifs is 1. The second-order valence-corrected chi connectivity index (χ2v) is 6.74. The predicted molar refractivity (Wildman–Crippen MR) is 91.6 cm³/mol. The highest BCUT2D eigenvalue weighted by molar-refractivity contribution is 9.10. The molecule has 2 aliphatic heterocycles. The van der Waals surface area contributed by atoms with E-state index in [9.17, 15) is 8.78 Å². The molecule has 1 atom stereocenters. The number of rotatable bonds is 2. The van der Waals surface area contributed by atoms with Crippen LogP contribution in [-0.4, -0.2) is 41.1 Å². The summed E-state index contributed by atoms with van der Waals surface area (Å²) in [5.41, 5.74) is 0.785. The normalized spacial score (nSPS) is 24.6. The van der Waals surface area contributed by atoms with E-state index in [-0.39, 0.29) is 0 Å². The molecule has 0 N–H and O–H groups in total. The highest BCUT2D eigenvalue weighted by Gasteiger charge is 2.50. The Morgan fingerprint density at radius 2 is 1.88 bits per heavy atom. The summed E-state index contributed by atoms with van der Waals surface area (Å²) in [6.45, 7) is -0.931. The Balaban J connectivity index is 1.94. The molecular weight excluding hydrogens is 378 g/mol. The fourth-order valence-corrected chi connectivity index (χ4v) is 3.57. The summed E-state index contributed by atoms with van der Waals surface area (Å²) >= 11 is 3.47. The number of halogens is 3. The molecule has 1 unspecified atom stereocenters. The smallest absolute Gasteiger partial charge is 0.284 e. The van der Waals surface area contributed by atoms with Gasteiger partial charge in [0.05, 0.1) is 12.9 Å². The molecule has 4 rings (SSSR count). The highest BCUT2D eigenvalue weighted by Crippen LogP contribution is 2.42. The maximum absolute atomic E-state index is 13.7. The molecule has 3 heterocycles. The lowest BCUT2D eigenvalue weighted by Gasteiger charge is -2.35. The lowest BCUT2D eigenvalue weighted by atomic mass is 9.82. The van der Waals surface area contributed by atoms with Gasteiger partial charge in [-0.3, -0.25) is 15.0 Å².